The van der Waals surface area contributed by atoms with Crippen molar-refractivity contribution in [2.45, 2.75) is 148 Å². The number of imidazole rings is 1. The molecule has 24 nitrogen and oxygen atoms in total. The number of thioether (sulfide) groups is 1. The normalized spacial score (nSPS) is 20.0. The second-order valence-corrected chi connectivity index (χ2v) is 21.7. The Kier molecular flexibility index (Phi) is 26.8. The summed E-state index contributed by atoms with van der Waals surface area (Å²) in [5.41, 5.74) is 4.29. The van der Waals surface area contributed by atoms with E-state index in [0.717, 1.165) is 48.2 Å². The first kappa shape index (κ1) is 60.3. The number of nitrogen functional groups attached to an aromatic ring is 1. The van der Waals surface area contributed by atoms with Gasteiger partial charge in [0, 0.05) is 56.0 Å². The number of amides is 2. The molecule has 1 saturated heterocycles. The molecule has 3 rings (SSSR count). The predicted molar refractivity (Wildman–Crippen MR) is 243 cm³/mol. The fourth-order valence-corrected chi connectivity index (χ4v) is 10.2. The van der Waals surface area contributed by atoms with Crippen molar-refractivity contribution in [1.29, 1.82) is 0 Å². The smallest absolute Gasteiger partial charge is 0.386 e. The zero-order valence-electron chi connectivity index (χ0n) is 38.0. The minimum absolute atomic E-state index is 0. The van der Waals surface area contributed by atoms with Crippen molar-refractivity contribution >= 4 is 88.0 Å². The number of nitrogens with zero attached hydrogens (tertiary/aromatic N) is 4. The van der Waals surface area contributed by atoms with Gasteiger partial charge in [-0.25, -0.2) is 28.6 Å². The molecule has 1 aliphatic rings. The van der Waals surface area contributed by atoms with E-state index in [0.29, 0.717) is 12.2 Å². The van der Waals surface area contributed by atoms with Gasteiger partial charge in [-0.3, -0.25) is 32.5 Å². The quantitative estimate of drug-likeness (QED) is 0.0279. The van der Waals surface area contributed by atoms with Gasteiger partial charge in [0.15, 0.2) is 22.8 Å². The maximum Gasteiger partial charge on any atom is 0.481 e. The van der Waals surface area contributed by atoms with Crippen LogP contribution in [0.5, 0.6) is 0 Å². The molecule has 7 atom stereocenters. The van der Waals surface area contributed by atoms with E-state index in [1.54, 1.807) is 0 Å². The number of aromatic nitrogens is 4. The monoisotopic (exact) mass is 1010 g/mol. The van der Waals surface area contributed by atoms with Crippen molar-refractivity contribution in [2.75, 3.05) is 37.8 Å². The second kappa shape index (κ2) is 29.4. The van der Waals surface area contributed by atoms with Crippen LogP contribution in [0.4, 0.5) is 5.82 Å². The Morgan fingerprint density at radius 3 is 2.08 bits per heavy atom. The molecule has 66 heavy (non-hydrogen) atoms. The van der Waals surface area contributed by atoms with E-state index in [9.17, 15) is 57.9 Å². The molecule has 0 aliphatic carbocycles. The number of unbranched alkanes of at least 4 members (excludes halogenated alkanes) is 12. The molecule has 10 N–H and O–H groups in total. The Labute approximate surface area is 400 Å². The first-order valence-electron chi connectivity index (χ1n) is 21.6. The topological polar surface area (TPSA) is 364 Å². The molecule has 373 valence electrons. The fraction of sp³-hybridized carbons (Fsp3) is 0.784. The molecule has 1 fully saturated rings. The zero-order valence-corrected chi connectivity index (χ0v) is 41.5. The van der Waals surface area contributed by atoms with Gasteiger partial charge in [-0.15, -0.1) is 0 Å². The Hall–Kier alpha value is -1.84. The van der Waals surface area contributed by atoms with Crippen molar-refractivity contribution in [3.8, 4) is 0 Å². The molecule has 0 saturated carbocycles. The van der Waals surface area contributed by atoms with Gasteiger partial charge >= 0.3 is 23.5 Å². The van der Waals surface area contributed by atoms with Gasteiger partial charge in [0.05, 0.1) is 19.5 Å². The van der Waals surface area contributed by atoms with E-state index in [4.69, 9.17) is 19.5 Å². The molecule has 0 aromatic carbocycles. The standard InChI is InChI=1S/C37H66N7O17P3S.Li/c1-4-5-6-7-8-9-10-11-12-13-14-15-16-17-28(46)65-21-20-39-27(45)18-19-40-35(49)32(48)37(2,3)23-58-64(55,56)61-63(53,54)57-22-26-31(60-62(50,51)52)30(47)36(59-26)44-25-43-29-33(38)41-24-42-34(29)44;/h24-26,30-32,36,47-48H,4-23H2,1-3H3,(H,39,45)(H,40,49)(H,53,54)(H,55,56)(H2,38,41,42)(H2,50,51,52);/t26-,30-,31-,32+,36-;/m1./s1. The maximum atomic E-state index is 12.7. The number of phosphoric acid groups is 3. The van der Waals surface area contributed by atoms with Crippen molar-refractivity contribution < 1.29 is 80.5 Å². The third-order valence-corrected chi connectivity index (χ3v) is 14.3. The van der Waals surface area contributed by atoms with Crippen LogP contribution in [0.15, 0.2) is 12.7 Å². The Balaban J connectivity index is 0.0000150. The number of fused-ring (bicyclic) bond motifs is 1. The predicted octanol–water partition coefficient (Wildman–Crippen LogP) is 3.77. The Morgan fingerprint density at radius 1 is 0.879 bits per heavy atom. The van der Waals surface area contributed by atoms with Crippen molar-refractivity contribution in [3.05, 3.63) is 12.7 Å². The Bertz CT molecular complexity index is 1970. The van der Waals surface area contributed by atoms with Crippen LogP contribution >= 0.6 is 35.2 Å². The van der Waals surface area contributed by atoms with Crippen LogP contribution < -0.4 is 16.4 Å². The molecule has 1 aliphatic heterocycles. The minimum Gasteiger partial charge on any atom is -0.386 e. The SMILES string of the molecule is CCCCCCCCCCCCCCCC(=O)SCCNC(=O)CCNC(=O)[C@H](O)C(C)(C)COP(=O)(O)OP(=O)(O)OC[C@H]1O[C@@H](n2cnc3c(N)ncnc32)[C@H](O)[C@@H]1OP(=O)(O)O.[Li]. The van der Waals surface area contributed by atoms with Crippen LogP contribution in [-0.2, 0) is 50.7 Å². The van der Waals surface area contributed by atoms with Crippen LogP contribution in [0.25, 0.3) is 11.2 Å². The van der Waals surface area contributed by atoms with E-state index < -0.39 is 84.6 Å². The molecule has 2 amide bonds. The van der Waals surface area contributed by atoms with E-state index in [-0.39, 0.29) is 60.5 Å². The number of rotatable bonds is 33. The number of carbonyl (C=O) groups excluding carboxylic acids is 3. The third-order valence-electron chi connectivity index (χ3n) is 10.2. The van der Waals surface area contributed by atoms with Crippen molar-refractivity contribution in [2.24, 2.45) is 5.41 Å². The van der Waals surface area contributed by atoms with E-state index in [2.05, 4.69) is 41.3 Å². The molecule has 3 heterocycles. The van der Waals surface area contributed by atoms with E-state index in [1.807, 2.05) is 0 Å². The number of anilines is 1. The summed E-state index contributed by atoms with van der Waals surface area (Å²) >= 11 is 1.15. The average Bonchev–Trinajstić information content (AvgIpc) is 3.79. The summed E-state index contributed by atoms with van der Waals surface area (Å²) in [6, 6.07) is 0. The van der Waals surface area contributed by atoms with Crippen molar-refractivity contribution in [3.63, 3.8) is 0 Å². The van der Waals surface area contributed by atoms with Gasteiger partial charge in [-0.05, 0) is 6.42 Å². The van der Waals surface area contributed by atoms with Crippen LogP contribution in [0.1, 0.15) is 123 Å². The summed E-state index contributed by atoms with van der Waals surface area (Å²) < 4.78 is 62.4. The van der Waals surface area contributed by atoms with Gasteiger partial charge in [-0.2, -0.15) is 4.31 Å². The van der Waals surface area contributed by atoms with Gasteiger partial charge in [0.25, 0.3) is 0 Å². The number of hydrogen-bond donors (Lipinski definition) is 9. The summed E-state index contributed by atoms with van der Waals surface area (Å²) in [7, 11) is -16.4. The number of ether oxygens (including phenoxy) is 1. The molecule has 0 bridgehead atoms. The summed E-state index contributed by atoms with van der Waals surface area (Å²) in [5, 5.41) is 26.6. The molecular weight excluding hydrogens is 946 g/mol. The Morgan fingerprint density at radius 2 is 1.47 bits per heavy atom. The average molecular weight is 1010 g/mol. The number of nitrogens with one attached hydrogen (secondary N) is 2. The summed E-state index contributed by atoms with van der Waals surface area (Å²) in [6.45, 7) is 2.81. The minimum atomic E-state index is -5.57. The third kappa shape index (κ3) is 21.8. The number of hydrogen-bond acceptors (Lipinski definition) is 18. The fourth-order valence-electron chi connectivity index (χ4n) is 6.65. The largest absolute Gasteiger partial charge is 0.481 e. The summed E-state index contributed by atoms with van der Waals surface area (Å²) in [6.07, 6.45) is 9.53. The number of phosphoric ester groups is 3. The van der Waals surface area contributed by atoms with Gasteiger partial charge < -0.3 is 50.9 Å². The molecule has 0 spiro atoms. The van der Waals surface area contributed by atoms with Crippen LogP contribution in [-0.4, -0.2) is 142 Å². The van der Waals surface area contributed by atoms with Gasteiger partial charge in [0.1, 0.15) is 36.3 Å². The molecule has 1 radical (unpaired) electrons. The molecule has 29 heteroatoms. The summed E-state index contributed by atoms with van der Waals surface area (Å²) in [4.78, 5) is 88.3. The first-order chi connectivity index (χ1) is 30.6. The number of nitrogens with two attached hydrogens (primary N) is 1. The zero-order chi connectivity index (χ0) is 48.3. The molecule has 2 unspecified atom stereocenters. The molecule has 2 aromatic rings. The molecule has 2 aromatic heterocycles. The first-order valence-corrected chi connectivity index (χ1v) is 27.1. The maximum absolute atomic E-state index is 12.7. The van der Waals surface area contributed by atoms with Crippen LogP contribution in [0.2, 0.25) is 0 Å². The second-order valence-electron chi connectivity index (χ2n) is 16.3. The van der Waals surface area contributed by atoms with Gasteiger partial charge in [0.2, 0.25) is 11.8 Å². The van der Waals surface area contributed by atoms with Crippen LogP contribution in [0.3, 0.4) is 0 Å². The summed E-state index contributed by atoms with van der Waals surface area (Å²) in [5.74, 6) is -1.02. The number of aliphatic hydroxyl groups excluding tert-OH is 2. The van der Waals surface area contributed by atoms with Crippen molar-refractivity contribution in [1.82, 2.24) is 30.2 Å². The van der Waals surface area contributed by atoms with Crippen LogP contribution in [0, 0.1) is 5.41 Å². The van der Waals surface area contributed by atoms with Gasteiger partial charge in [-0.1, -0.05) is 110 Å². The van der Waals surface area contributed by atoms with E-state index in [1.165, 1.54) is 78.1 Å². The molecular formula is C37H66LiN7O17P3S. The number of aliphatic hydroxyl groups is 2. The van der Waals surface area contributed by atoms with E-state index >= 15 is 0 Å². The number of carbonyl (C=O) groups is 3.